The van der Waals surface area contributed by atoms with Gasteiger partial charge in [0.1, 0.15) is 5.70 Å². The number of hydrogen-bond donors (Lipinski definition) is 0. The van der Waals surface area contributed by atoms with Crippen molar-refractivity contribution >= 4 is 46.3 Å². The number of carbonyl (C=O) groups excluding carboxylic acids is 2. The van der Waals surface area contributed by atoms with E-state index in [1.165, 1.54) is 10.5 Å². The maximum atomic E-state index is 13.4. The second-order valence-electron chi connectivity index (χ2n) is 7.35. The van der Waals surface area contributed by atoms with E-state index in [1.807, 2.05) is 30.0 Å². The van der Waals surface area contributed by atoms with E-state index in [-0.39, 0.29) is 11.8 Å². The van der Waals surface area contributed by atoms with Crippen LogP contribution >= 0.6 is 23.2 Å². The number of anilines is 1. The van der Waals surface area contributed by atoms with Crippen LogP contribution in [-0.2, 0) is 16.0 Å². The standard InChI is InChI=1S/C23H22Cl2N2O2/c1-2-3-12-27-22(28)20(17-11-10-16(24)14-18(17)25)21(23(27)29)26-13-6-8-15-7-4-5-9-19(15)26/h4-5,7,9-11,14H,2-3,6,8,12-13H2,1H3. The first-order chi connectivity index (χ1) is 14.0. The summed E-state index contributed by atoms with van der Waals surface area (Å²) in [7, 11) is 0. The van der Waals surface area contributed by atoms with Gasteiger partial charge in [0.2, 0.25) is 0 Å². The maximum absolute atomic E-state index is 13.4. The molecule has 0 atom stereocenters. The number of hydrogen-bond acceptors (Lipinski definition) is 3. The zero-order chi connectivity index (χ0) is 20.5. The Morgan fingerprint density at radius 3 is 2.59 bits per heavy atom. The molecular formula is C23H22Cl2N2O2. The maximum Gasteiger partial charge on any atom is 0.278 e. The highest BCUT2D eigenvalue weighted by Crippen LogP contribution is 2.40. The number of rotatable bonds is 5. The Kier molecular flexibility index (Phi) is 5.66. The highest BCUT2D eigenvalue weighted by molar-refractivity contribution is 6.41. The number of carbonyl (C=O) groups is 2. The summed E-state index contributed by atoms with van der Waals surface area (Å²) in [6.07, 6.45) is 3.54. The Morgan fingerprint density at radius 2 is 1.83 bits per heavy atom. The van der Waals surface area contributed by atoms with Crippen molar-refractivity contribution in [3.05, 3.63) is 69.3 Å². The van der Waals surface area contributed by atoms with Crippen LogP contribution < -0.4 is 4.90 Å². The van der Waals surface area contributed by atoms with Gasteiger partial charge in [-0.2, -0.15) is 0 Å². The minimum absolute atomic E-state index is 0.249. The second-order valence-corrected chi connectivity index (χ2v) is 8.19. The van der Waals surface area contributed by atoms with E-state index in [0.29, 0.717) is 40.0 Å². The molecule has 0 radical (unpaired) electrons. The van der Waals surface area contributed by atoms with Crippen molar-refractivity contribution in [1.29, 1.82) is 0 Å². The number of nitrogens with zero attached hydrogens (tertiary/aromatic N) is 2. The van der Waals surface area contributed by atoms with Crippen LogP contribution in [0.5, 0.6) is 0 Å². The lowest BCUT2D eigenvalue weighted by atomic mass is 9.98. The van der Waals surface area contributed by atoms with Crippen LogP contribution in [0.3, 0.4) is 0 Å². The van der Waals surface area contributed by atoms with Crippen molar-refractivity contribution in [2.24, 2.45) is 0 Å². The minimum atomic E-state index is -0.286. The van der Waals surface area contributed by atoms with Crippen LogP contribution in [0.1, 0.15) is 37.3 Å². The van der Waals surface area contributed by atoms with Crippen molar-refractivity contribution < 1.29 is 9.59 Å². The predicted octanol–water partition coefficient (Wildman–Crippen LogP) is 5.33. The third kappa shape index (κ3) is 3.56. The topological polar surface area (TPSA) is 40.6 Å². The summed E-state index contributed by atoms with van der Waals surface area (Å²) in [5.74, 6) is -0.535. The average Bonchev–Trinajstić information content (AvgIpc) is 2.96. The molecule has 2 aromatic rings. The molecule has 2 aromatic carbocycles. The van der Waals surface area contributed by atoms with Crippen LogP contribution in [0.25, 0.3) is 5.57 Å². The molecule has 0 aromatic heterocycles. The lowest BCUT2D eigenvalue weighted by Gasteiger charge is -2.32. The van der Waals surface area contributed by atoms with E-state index in [1.54, 1.807) is 18.2 Å². The summed E-state index contributed by atoms with van der Waals surface area (Å²) < 4.78 is 0. The molecule has 2 aliphatic rings. The van der Waals surface area contributed by atoms with Gasteiger partial charge in [-0.25, -0.2) is 0 Å². The normalized spacial score (nSPS) is 16.7. The number of unbranched alkanes of at least 4 members (excludes halogenated alkanes) is 1. The van der Waals surface area contributed by atoms with E-state index in [9.17, 15) is 9.59 Å². The van der Waals surface area contributed by atoms with Crippen LogP contribution in [0.15, 0.2) is 48.2 Å². The SMILES string of the molecule is CCCCN1C(=O)C(c2ccc(Cl)cc2Cl)=C(N2CCCc3ccccc32)C1=O. The number of amides is 2. The Hall–Kier alpha value is -2.30. The molecule has 0 fully saturated rings. The smallest absolute Gasteiger partial charge is 0.278 e. The van der Waals surface area contributed by atoms with Crippen LogP contribution in [0, 0.1) is 0 Å². The largest absolute Gasteiger partial charge is 0.336 e. The molecule has 2 heterocycles. The van der Waals surface area contributed by atoms with Crippen LogP contribution in [-0.4, -0.2) is 29.8 Å². The van der Waals surface area contributed by atoms with E-state index in [2.05, 4.69) is 6.07 Å². The monoisotopic (exact) mass is 428 g/mol. The van der Waals surface area contributed by atoms with Crippen LogP contribution in [0.2, 0.25) is 10.0 Å². The Balaban J connectivity index is 1.89. The molecule has 0 saturated heterocycles. The number of fused-ring (bicyclic) bond motifs is 1. The summed E-state index contributed by atoms with van der Waals surface area (Å²) >= 11 is 12.5. The number of imide groups is 1. The Labute approximate surface area is 180 Å². The summed E-state index contributed by atoms with van der Waals surface area (Å²) in [6, 6.07) is 13.1. The Bertz CT molecular complexity index is 1020. The number of aryl methyl sites for hydroxylation is 1. The van der Waals surface area contributed by atoms with Gasteiger partial charge in [0.25, 0.3) is 11.8 Å². The predicted molar refractivity (Wildman–Crippen MR) is 117 cm³/mol. The van der Waals surface area contributed by atoms with Crippen LogP contribution in [0.4, 0.5) is 5.69 Å². The highest BCUT2D eigenvalue weighted by atomic mass is 35.5. The number of para-hydroxylation sites is 1. The third-order valence-electron chi connectivity index (χ3n) is 5.46. The first-order valence-electron chi connectivity index (χ1n) is 9.94. The molecule has 0 aliphatic carbocycles. The van der Waals surface area contributed by atoms with Gasteiger partial charge in [-0.1, -0.05) is 60.8 Å². The molecule has 150 valence electrons. The van der Waals surface area contributed by atoms with Gasteiger partial charge in [-0.05, 0) is 43.0 Å². The summed E-state index contributed by atoms with van der Waals surface area (Å²) in [5, 5.41) is 0.859. The van der Waals surface area contributed by atoms with Gasteiger partial charge in [-0.3, -0.25) is 14.5 Å². The molecule has 4 nitrogen and oxygen atoms in total. The summed E-state index contributed by atoms with van der Waals surface area (Å²) in [4.78, 5) is 30.1. The molecule has 0 spiro atoms. The minimum Gasteiger partial charge on any atom is -0.336 e. The highest BCUT2D eigenvalue weighted by Gasteiger charge is 2.42. The zero-order valence-corrected chi connectivity index (χ0v) is 17.8. The van der Waals surface area contributed by atoms with Gasteiger partial charge in [-0.15, -0.1) is 0 Å². The molecule has 4 rings (SSSR count). The number of benzene rings is 2. The average molecular weight is 429 g/mol. The fourth-order valence-electron chi connectivity index (χ4n) is 4.03. The molecule has 6 heteroatoms. The lowest BCUT2D eigenvalue weighted by molar-refractivity contribution is -0.136. The third-order valence-corrected chi connectivity index (χ3v) is 6.01. The first kappa shape index (κ1) is 20.0. The van der Waals surface area contributed by atoms with Crippen molar-refractivity contribution in [3.8, 4) is 0 Å². The van der Waals surface area contributed by atoms with Crippen molar-refractivity contribution in [2.45, 2.75) is 32.6 Å². The van der Waals surface area contributed by atoms with Gasteiger partial charge in [0, 0.05) is 29.4 Å². The van der Waals surface area contributed by atoms with E-state index < -0.39 is 0 Å². The number of halogens is 2. The van der Waals surface area contributed by atoms with Crippen molar-refractivity contribution in [1.82, 2.24) is 4.90 Å². The molecular weight excluding hydrogens is 407 g/mol. The summed E-state index contributed by atoms with van der Waals surface area (Å²) in [6.45, 7) is 3.13. The van der Waals surface area contributed by atoms with Crippen molar-refractivity contribution in [3.63, 3.8) is 0 Å². The van der Waals surface area contributed by atoms with Gasteiger partial charge in [0.15, 0.2) is 0 Å². The van der Waals surface area contributed by atoms with Gasteiger partial charge < -0.3 is 4.90 Å². The van der Waals surface area contributed by atoms with E-state index in [0.717, 1.165) is 31.4 Å². The molecule has 0 bridgehead atoms. The molecule has 0 N–H and O–H groups in total. The molecule has 2 aliphatic heterocycles. The van der Waals surface area contributed by atoms with E-state index >= 15 is 0 Å². The quantitative estimate of drug-likeness (QED) is 0.604. The van der Waals surface area contributed by atoms with E-state index in [4.69, 9.17) is 23.2 Å². The molecule has 0 unspecified atom stereocenters. The van der Waals surface area contributed by atoms with Gasteiger partial charge >= 0.3 is 0 Å². The Morgan fingerprint density at radius 1 is 1.03 bits per heavy atom. The fourth-order valence-corrected chi connectivity index (χ4v) is 4.54. The summed E-state index contributed by atoms with van der Waals surface area (Å²) in [5.41, 5.74) is 3.49. The van der Waals surface area contributed by atoms with Crippen molar-refractivity contribution in [2.75, 3.05) is 18.0 Å². The molecule has 29 heavy (non-hydrogen) atoms. The lowest BCUT2D eigenvalue weighted by Crippen LogP contribution is -2.37. The first-order valence-corrected chi connectivity index (χ1v) is 10.7. The molecule has 0 saturated carbocycles. The zero-order valence-electron chi connectivity index (χ0n) is 16.3. The second kappa shape index (κ2) is 8.21. The van der Waals surface area contributed by atoms with Gasteiger partial charge in [0.05, 0.1) is 10.6 Å². The fraction of sp³-hybridized carbons (Fsp3) is 0.304. The molecule has 2 amide bonds.